The molecule has 1 unspecified atom stereocenters. The number of carbonyl (C=O) groups is 1. The van der Waals surface area contributed by atoms with E-state index in [-0.39, 0.29) is 5.91 Å². The van der Waals surface area contributed by atoms with Gasteiger partial charge < -0.3 is 20.0 Å². The second-order valence-electron chi connectivity index (χ2n) is 9.66. The van der Waals surface area contributed by atoms with E-state index in [0.29, 0.717) is 18.2 Å². The molecule has 0 saturated carbocycles. The summed E-state index contributed by atoms with van der Waals surface area (Å²) in [5.74, 6) is 0.943. The molecule has 0 radical (unpaired) electrons. The smallest absolute Gasteiger partial charge is 0.251 e. The minimum Gasteiger partial charge on any atom is -0.368 e. The number of pyridine rings is 1. The maximum atomic E-state index is 12.9. The van der Waals surface area contributed by atoms with E-state index < -0.39 is 0 Å². The maximum absolute atomic E-state index is 12.9. The van der Waals surface area contributed by atoms with Crippen molar-refractivity contribution in [2.24, 2.45) is 0 Å². The highest BCUT2D eigenvalue weighted by Crippen LogP contribution is 2.28. The van der Waals surface area contributed by atoms with Gasteiger partial charge in [0.1, 0.15) is 5.82 Å². The lowest BCUT2D eigenvalue weighted by atomic mass is 10.1. The van der Waals surface area contributed by atoms with Crippen LogP contribution in [0.1, 0.15) is 36.5 Å². The topological polar surface area (TPSA) is 51.7 Å². The van der Waals surface area contributed by atoms with Gasteiger partial charge in [-0.2, -0.15) is 0 Å². The first kappa shape index (κ1) is 23.9. The van der Waals surface area contributed by atoms with Crippen LogP contribution < -0.4 is 15.1 Å². The van der Waals surface area contributed by atoms with Crippen molar-refractivity contribution < 1.29 is 4.79 Å². The molecule has 2 aliphatic heterocycles. The van der Waals surface area contributed by atoms with Crippen LogP contribution in [0.3, 0.4) is 0 Å². The second kappa shape index (κ2) is 10.8. The molecule has 3 heterocycles. The molecule has 1 amide bonds. The van der Waals surface area contributed by atoms with Crippen LogP contribution in [0.4, 0.5) is 11.5 Å². The van der Waals surface area contributed by atoms with Gasteiger partial charge in [0.25, 0.3) is 5.91 Å². The highest BCUT2D eigenvalue weighted by Gasteiger charge is 2.21. The lowest BCUT2D eigenvalue weighted by Crippen LogP contribution is -2.46. The minimum atomic E-state index is -0.0112. The molecule has 2 aliphatic rings. The van der Waals surface area contributed by atoms with Gasteiger partial charge in [-0.15, -0.1) is 0 Å². The molecule has 184 valence electrons. The predicted octanol–water partition coefficient (Wildman–Crippen LogP) is 4.82. The van der Waals surface area contributed by atoms with Gasteiger partial charge >= 0.3 is 0 Å². The first-order chi connectivity index (χ1) is 17.1. The van der Waals surface area contributed by atoms with Crippen molar-refractivity contribution >= 4 is 39.8 Å². The second-order valence-corrected chi connectivity index (χ2v) is 10.1. The van der Waals surface area contributed by atoms with E-state index in [0.717, 1.165) is 54.2 Å². The SMILES string of the molecule is CC(CCNC(=O)c1ccc2ccnc(N3CCN(c4ccc(Cl)cc4)CC3)c2c1)N1CCCC1. The number of nitrogens with one attached hydrogen (secondary N) is 1. The summed E-state index contributed by atoms with van der Waals surface area (Å²) in [6, 6.07) is 16.5. The first-order valence-corrected chi connectivity index (χ1v) is 13.1. The third kappa shape index (κ3) is 5.54. The zero-order valence-corrected chi connectivity index (χ0v) is 21.2. The zero-order valence-electron chi connectivity index (χ0n) is 20.4. The van der Waals surface area contributed by atoms with Crippen molar-refractivity contribution in [3.8, 4) is 0 Å². The summed E-state index contributed by atoms with van der Waals surface area (Å²) in [4.78, 5) is 24.9. The third-order valence-corrected chi connectivity index (χ3v) is 7.64. The fourth-order valence-corrected chi connectivity index (χ4v) is 5.36. The number of amides is 1. The van der Waals surface area contributed by atoms with Gasteiger partial charge in [-0.3, -0.25) is 4.79 Å². The fraction of sp³-hybridized carbons (Fsp3) is 0.429. The number of rotatable bonds is 7. The van der Waals surface area contributed by atoms with Crippen LogP contribution in [0.15, 0.2) is 54.7 Å². The number of halogens is 1. The van der Waals surface area contributed by atoms with Crippen LogP contribution in [0, 0.1) is 0 Å². The van der Waals surface area contributed by atoms with E-state index in [1.165, 1.54) is 31.6 Å². The van der Waals surface area contributed by atoms with Crippen LogP contribution >= 0.6 is 11.6 Å². The van der Waals surface area contributed by atoms with E-state index in [2.05, 4.69) is 39.1 Å². The van der Waals surface area contributed by atoms with Crippen LogP contribution in [0.25, 0.3) is 10.8 Å². The van der Waals surface area contributed by atoms with E-state index in [4.69, 9.17) is 16.6 Å². The van der Waals surface area contributed by atoms with Gasteiger partial charge in [0.05, 0.1) is 0 Å². The molecule has 1 N–H and O–H groups in total. The molecule has 0 spiro atoms. The van der Waals surface area contributed by atoms with Crippen molar-refractivity contribution in [2.75, 3.05) is 55.6 Å². The number of hydrogen-bond acceptors (Lipinski definition) is 5. The molecular weight excluding hydrogens is 458 g/mol. The van der Waals surface area contributed by atoms with Crippen molar-refractivity contribution in [1.82, 2.24) is 15.2 Å². The molecule has 0 aliphatic carbocycles. The molecule has 7 heteroatoms. The first-order valence-electron chi connectivity index (χ1n) is 12.7. The average molecular weight is 492 g/mol. The summed E-state index contributed by atoms with van der Waals surface area (Å²) in [5.41, 5.74) is 1.89. The highest BCUT2D eigenvalue weighted by molar-refractivity contribution is 6.30. The van der Waals surface area contributed by atoms with Gasteiger partial charge in [0.15, 0.2) is 0 Å². The van der Waals surface area contributed by atoms with Gasteiger partial charge in [0, 0.05) is 66.6 Å². The Morgan fingerprint density at radius 3 is 2.43 bits per heavy atom. The summed E-state index contributed by atoms with van der Waals surface area (Å²) in [6.07, 6.45) is 5.42. The molecule has 2 saturated heterocycles. The predicted molar refractivity (Wildman–Crippen MR) is 145 cm³/mol. The number of fused-ring (bicyclic) bond motifs is 1. The fourth-order valence-electron chi connectivity index (χ4n) is 5.24. The zero-order chi connectivity index (χ0) is 24.2. The Morgan fingerprint density at radius 1 is 0.971 bits per heavy atom. The maximum Gasteiger partial charge on any atom is 0.251 e. The Bertz CT molecular complexity index is 1150. The summed E-state index contributed by atoms with van der Waals surface area (Å²) < 4.78 is 0. The number of carbonyl (C=O) groups excluding carboxylic acids is 1. The van der Waals surface area contributed by atoms with Gasteiger partial charge in [-0.25, -0.2) is 4.98 Å². The van der Waals surface area contributed by atoms with Gasteiger partial charge in [-0.05, 0) is 87.1 Å². The Balaban J connectivity index is 1.24. The Morgan fingerprint density at radius 2 is 1.69 bits per heavy atom. The summed E-state index contributed by atoms with van der Waals surface area (Å²) >= 11 is 6.05. The molecule has 0 bridgehead atoms. The number of benzene rings is 2. The molecule has 5 rings (SSSR count). The van der Waals surface area contributed by atoms with Gasteiger partial charge in [-0.1, -0.05) is 17.7 Å². The lowest BCUT2D eigenvalue weighted by molar-refractivity contribution is 0.0949. The molecule has 1 aromatic heterocycles. The Kier molecular flexibility index (Phi) is 7.40. The molecule has 3 aromatic rings. The highest BCUT2D eigenvalue weighted by atomic mass is 35.5. The van der Waals surface area contributed by atoms with Crippen molar-refractivity contribution in [3.05, 3.63) is 65.3 Å². The number of piperazine rings is 1. The van der Waals surface area contributed by atoms with E-state index >= 15 is 0 Å². The van der Waals surface area contributed by atoms with Crippen LogP contribution in [0.2, 0.25) is 5.02 Å². The van der Waals surface area contributed by atoms with Crippen LogP contribution in [-0.2, 0) is 0 Å². The van der Waals surface area contributed by atoms with Crippen molar-refractivity contribution in [3.63, 3.8) is 0 Å². The quantitative estimate of drug-likeness (QED) is 0.513. The molecular formula is C28H34ClN5O. The molecule has 6 nitrogen and oxygen atoms in total. The molecule has 2 fully saturated rings. The molecule has 2 aromatic carbocycles. The van der Waals surface area contributed by atoms with Crippen LogP contribution in [0.5, 0.6) is 0 Å². The summed E-state index contributed by atoms with van der Waals surface area (Å²) in [7, 11) is 0. The van der Waals surface area contributed by atoms with E-state index in [9.17, 15) is 4.79 Å². The van der Waals surface area contributed by atoms with Crippen molar-refractivity contribution in [2.45, 2.75) is 32.2 Å². The largest absolute Gasteiger partial charge is 0.368 e. The summed E-state index contributed by atoms with van der Waals surface area (Å²) in [5, 5.41) is 6.03. The summed E-state index contributed by atoms with van der Waals surface area (Å²) in [6.45, 7) is 8.90. The normalized spacial score (nSPS) is 17.7. The lowest BCUT2D eigenvalue weighted by Gasteiger charge is -2.37. The number of likely N-dealkylation sites (tertiary alicyclic amines) is 1. The number of aromatic nitrogens is 1. The number of anilines is 2. The number of nitrogens with zero attached hydrogens (tertiary/aromatic N) is 4. The van der Waals surface area contributed by atoms with E-state index in [1.807, 2.05) is 42.6 Å². The van der Waals surface area contributed by atoms with Gasteiger partial charge in [0.2, 0.25) is 0 Å². The molecule has 1 atom stereocenters. The Hall–Kier alpha value is -2.83. The monoisotopic (exact) mass is 491 g/mol. The third-order valence-electron chi connectivity index (χ3n) is 7.39. The Labute approximate surface area is 212 Å². The minimum absolute atomic E-state index is 0.0112. The average Bonchev–Trinajstić information content (AvgIpc) is 3.44. The van der Waals surface area contributed by atoms with Crippen molar-refractivity contribution in [1.29, 1.82) is 0 Å². The standard InChI is InChI=1S/C28H34ClN5O/c1-21(32-14-2-3-15-32)10-12-31-28(35)23-5-4-22-11-13-30-27(26(22)20-23)34-18-16-33(17-19-34)25-8-6-24(29)7-9-25/h4-9,11,13,20-21H,2-3,10,12,14-19H2,1H3,(H,31,35). The van der Waals surface area contributed by atoms with Crippen LogP contribution in [-0.4, -0.2) is 67.6 Å². The number of hydrogen-bond donors (Lipinski definition) is 1. The van der Waals surface area contributed by atoms with E-state index in [1.54, 1.807) is 0 Å². The molecule has 35 heavy (non-hydrogen) atoms.